The summed E-state index contributed by atoms with van der Waals surface area (Å²) in [7, 11) is 1.95. The number of nitrogens with zero attached hydrogens (tertiary/aromatic N) is 6. The van der Waals surface area contributed by atoms with E-state index < -0.39 is 0 Å². The number of nitrogens with two attached hydrogens (primary N) is 1. The molecule has 0 amide bonds. The Morgan fingerprint density at radius 2 is 1.77 bits per heavy atom. The second-order valence-corrected chi connectivity index (χ2v) is 8.53. The summed E-state index contributed by atoms with van der Waals surface area (Å²) in [5.74, 6) is 2.01. The maximum atomic E-state index is 5.79. The van der Waals surface area contributed by atoms with Gasteiger partial charge in [0.15, 0.2) is 0 Å². The van der Waals surface area contributed by atoms with Crippen molar-refractivity contribution in [2.75, 3.05) is 17.3 Å². The molecule has 5 rings (SSSR count). The number of benzene rings is 2. The summed E-state index contributed by atoms with van der Waals surface area (Å²) in [6, 6.07) is 22.4. The van der Waals surface area contributed by atoms with Crippen molar-refractivity contribution in [3.05, 3.63) is 96.4 Å². The largest absolute Gasteiger partial charge is 0.351 e. The normalized spacial score (nSPS) is 12.0. The lowest BCUT2D eigenvalue weighted by Crippen LogP contribution is -2.21. The minimum Gasteiger partial charge on any atom is -0.351 e. The molecule has 3 aromatic heterocycles. The predicted octanol–water partition coefficient (Wildman–Crippen LogP) is 4.46. The molecule has 2 aromatic carbocycles. The molecule has 35 heavy (non-hydrogen) atoms. The van der Waals surface area contributed by atoms with Gasteiger partial charge < -0.3 is 11.1 Å². The highest BCUT2D eigenvalue weighted by Gasteiger charge is 2.16. The Morgan fingerprint density at radius 1 is 0.943 bits per heavy atom. The van der Waals surface area contributed by atoms with Gasteiger partial charge in [-0.25, -0.2) is 15.0 Å². The van der Waals surface area contributed by atoms with E-state index in [-0.39, 0.29) is 6.04 Å². The first-order valence-corrected chi connectivity index (χ1v) is 11.6. The van der Waals surface area contributed by atoms with Gasteiger partial charge in [0.05, 0.1) is 5.69 Å². The van der Waals surface area contributed by atoms with Gasteiger partial charge in [-0.1, -0.05) is 54.6 Å². The first kappa shape index (κ1) is 22.5. The zero-order valence-electron chi connectivity index (χ0n) is 19.8. The second-order valence-electron chi connectivity index (χ2n) is 8.53. The molecule has 0 aliphatic carbocycles. The van der Waals surface area contributed by atoms with Gasteiger partial charge in [0, 0.05) is 49.9 Å². The predicted molar refractivity (Wildman–Crippen MR) is 140 cm³/mol. The Kier molecular flexibility index (Phi) is 6.36. The summed E-state index contributed by atoms with van der Waals surface area (Å²) in [5.41, 5.74) is 10.8. The number of imidazole rings is 1. The Balaban J connectivity index is 1.40. The monoisotopic (exact) mass is 464 g/mol. The second kappa shape index (κ2) is 9.90. The number of hydrogen-bond donors (Lipinski definition) is 2. The number of aromatic nitrogens is 5. The average Bonchev–Trinajstić information content (AvgIpc) is 3.37. The molecule has 0 fully saturated rings. The fourth-order valence-electron chi connectivity index (χ4n) is 4.12. The maximum Gasteiger partial charge on any atom is 0.224 e. The third kappa shape index (κ3) is 4.97. The van der Waals surface area contributed by atoms with Crippen LogP contribution in [0.5, 0.6) is 0 Å². The van der Waals surface area contributed by atoms with E-state index >= 15 is 0 Å². The van der Waals surface area contributed by atoms with Crippen LogP contribution in [0.25, 0.3) is 16.9 Å². The van der Waals surface area contributed by atoms with Crippen LogP contribution in [0.3, 0.4) is 0 Å². The van der Waals surface area contributed by atoms with Crippen LogP contribution in [0.15, 0.2) is 85.3 Å². The lowest BCUT2D eigenvalue weighted by molar-refractivity contribution is 0.775. The fourth-order valence-corrected chi connectivity index (χ4v) is 4.12. The molecule has 3 N–H and O–H groups in total. The zero-order valence-corrected chi connectivity index (χ0v) is 19.8. The van der Waals surface area contributed by atoms with Crippen LogP contribution < -0.4 is 16.0 Å². The molecule has 0 saturated carbocycles. The lowest BCUT2D eigenvalue weighted by atomic mass is 10.0. The Labute approximate surface area is 204 Å². The molecule has 5 aromatic rings. The number of rotatable bonds is 8. The first-order chi connectivity index (χ1) is 17.1. The van der Waals surface area contributed by atoms with Gasteiger partial charge in [-0.2, -0.15) is 4.98 Å². The number of nitrogens with one attached hydrogen (secondary N) is 1. The summed E-state index contributed by atoms with van der Waals surface area (Å²) in [6.07, 6.45) is 6.28. The zero-order chi connectivity index (χ0) is 24.2. The number of anilines is 3. The van der Waals surface area contributed by atoms with Gasteiger partial charge in [-0.15, -0.1) is 0 Å². The molecule has 8 heteroatoms. The van der Waals surface area contributed by atoms with E-state index in [4.69, 9.17) is 15.7 Å². The van der Waals surface area contributed by atoms with Crippen LogP contribution in [-0.4, -0.2) is 37.4 Å². The Bertz CT molecular complexity index is 1430. The quantitative estimate of drug-likeness (QED) is 0.350. The summed E-state index contributed by atoms with van der Waals surface area (Å²) in [4.78, 5) is 20.6. The van der Waals surface area contributed by atoms with E-state index in [9.17, 15) is 0 Å². The highest BCUT2D eigenvalue weighted by atomic mass is 15.3. The van der Waals surface area contributed by atoms with Gasteiger partial charge in [0.25, 0.3) is 0 Å². The third-order valence-electron chi connectivity index (χ3n) is 5.87. The van der Waals surface area contributed by atoms with Crippen LogP contribution in [0.4, 0.5) is 17.7 Å². The lowest BCUT2D eigenvalue weighted by Gasteiger charge is -2.20. The van der Waals surface area contributed by atoms with E-state index in [0.29, 0.717) is 12.5 Å². The van der Waals surface area contributed by atoms with Gasteiger partial charge >= 0.3 is 0 Å². The van der Waals surface area contributed by atoms with Crippen LogP contribution in [0.1, 0.15) is 18.1 Å². The highest BCUT2D eigenvalue weighted by molar-refractivity contribution is 5.68. The number of hydrogen-bond acceptors (Lipinski definition) is 7. The molecule has 0 spiro atoms. The molecule has 0 aliphatic rings. The van der Waals surface area contributed by atoms with E-state index in [0.717, 1.165) is 40.7 Å². The summed E-state index contributed by atoms with van der Waals surface area (Å²) in [6.45, 7) is 2.66. The SMILES string of the molecule is CC(Cc1cccc(CN)c1)Nc1nccc(N(C)c2nc(-c3ccccc3)cc3nccn23)n1. The van der Waals surface area contributed by atoms with E-state index in [1.54, 1.807) is 12.4 Å². The molecule has 0 bridgehead atoms. The van der Waals surface area contributed by atoms with Crippen LogP contribution in [0, 0.1) is 0 Å². The molecule has 1 atom stereocenters. The van der Waals surface area contributed by atoms with E-state index in [2.05, 4.69) is 34.3 Å². The maximum absolute atomic E-state index is 5.79. The molecule has 1 unspecified atom stereocenters. The van der Waals surface area contributed by atoms with Crippen molar-refractivity contribution in [1.29, 1.82) is 0 Å². The molecular formula is C27H28N8. The minimum atomic E-state index is 0.142. The van der Waals surface area contributed by atoms with Crippen molar-refractivity contribution in [3.63, 3.8) is 0 Å². The molecule has 176 valence electrons. The van der Waals surface area contributed by atoms with Crippen molar-refractivity contribution in [1.82, 2.24) is 24.3 Å². The first-order valence-electron chi connectivity index (χ1n) is 11.6. The topological polar surface area (TPSA) is 97.3 Å². The highest BCUT2D eigenvalue weighted by Crippen LogP contribution is 2.26. The van der Waals surface area contributed by atoms with Crippen molar-refractivity contribution in [2.45, 2.75) is 25.9 Å². The standard InChI is InChI=1S/C27H28N8/c1-19(15-20-7-6-8-21(16-20)18-28)31-26-30-12-11-24(33-26)34(2)27-32-23(22-9-4-3-5-10-22)17-25-29-13-14-35(25)27/h3-14,16-17,19H,15,18,28H2,1-2H3,(H,30,31,33). The Hall–Kier alpha value is -4.30. The average molecular weight is 465 g/mol. The summed E-state index contributed by atoms with van der Waals surface area (Å²) >= 11 is 0. The van der Waals surface area contributed by atoms with Gasteiger partial charge in [0.1, 0.15) is 11.5 Å². The van der Waals surface area contributed by atoms with E-state index in [1.165, 1.54) is 5.56 Å². The smallest absolute Gasteiger partial charge is 0.224 e. The van der Waals surface area contributed by atoms with Crippen LogP contribution in [-0.2, 0) is 13.0 Å². The molecule has 3 heterocycles. The van der Waals surface area contributed by atoms with E-state index in [1.807, 2.05) is 77.1 Å². The fraction of sp³-hybridized carbons (Fsp3) is 0.185. The minimum absolute atomic E-state index is 0.142. The molecule has 0 radical (unpaired) electrons. The number of fused-ring (bicyclic) bond motifs is 1. The molecule has 0 aliphatic heterocycles. The third-order valence-corrected chi connectivity index (χ3v) is 5.87. The molecule has 8 nitrogen and oxygen atoms in total. The van der Waals surface area contributed by atoms with Crippen LogP contribution in [0.2, 0.25) is 0 Å². The molecule has 0 saturated heterocycles. The van der Waals surface area contributed by atoms with Crippen LogP contribution >= 0.6 is 0 Å². The van der Waals surface area contributed by atoms with Crippen molar-refractivity contribution in [3.8, 4) is 11.3 Å². The van der Waals surface area contributed by atoms with Crippen molar-refractivity contribution >= 4 is 23.4 Å². The van der Waals surface area contributed by atoms with Gasteiger partial charge in [-0.05, 0) is 30.5 Å². The van der Waals surface area contributed by atoms with Crippen molar-refractivity contribution in [2.24, 2.45) is 5.73 Å². The van der Waals surface area contributed by atoms with Gasteiger partial charge in [-0.3, -0.25) is 9.30 Å². The summed E-state index contributed by atoms with van der Waals surface area (Å²) < 4.78 is 1.95. The Morgan fingerprint density at radius 3 is 2.60 bits per heavy atom. The molecular weight excluding hydrogens is 436 g/mol. The summed E-state index contributed by atoms with van der Waals surface area (Å²) in [5, 5.41) is 3.42. The van der Waals surface area contributed by atoms with Gasteiger partial charge in [0.2, 0.25) is 11.9 Å². The van der Waals surface area contributed by atoms with Crippen molar-refractivity contribution < 1.29 is 0 Å².